The molecule has 1 aliphatic heterocycles. The number of carbonyl (C=O) groups is 2. The predicted molar refractivity (Wildman–Crippen MR) is 86.3 cm³/mol. The lowest BCUT2D eigenvalue weighted by atomic mass is 10.0. The Labute approximate surface area is 139 Å². The summed E-state index contributed by atoms with van der Waals surface area (Å²) < 4.78 is 0. The predicted octanol–water partition coefficient (Wildman–Crippen LogP) is 1.65. The molecule has 1 saturated heterocycles. The summed E-state index contributed by atoms with van der Waals surface area (Å²) in [6, 6.07) is 1.53. The number of carboxylic acids is 1. The van der Waals surface area contributed by atoms with E-state index >= 15 is 0 Å². The Hall–Kier alpha value is -2.83. The van der Waals surface area contributed by atoms with Gasteiger partial charge >= 0.3 is 5.97 Å². The summed E-state index contributed by atoms with van der Waals surface area (Å²) in [6.45, 7) is 3.17. The zero-order valence-electron chi connectivity index (χ0n) is 13.3. The maximum Gasteiger partial charge on any atom is 0.337 e. The number of carboxylic acid groups (broad SMARTS) is 1. The van der Waals surface area contributed by atoms with Gasteiger partial charge in [0, 0.05) is 44.2 Å². The lowest BCUT2D eigenvalue weighted by Crippen LogP contribution is -2.26. The van der Waals surface area contributed by atoms with Crippen LogP contribution in [0.4, 0.5) is 0 Å². The molecule has 0 spiro atoms. The Kier molecular flexibility index (Phi) is 4.50. The molecule has 0 radical (unpaired) electrons. The summed E-state index contributed by atoms with van der Waals surface area (Å²) >= 11 is 0. The number of rotatable bonds is 4. The second kappa shape index (κ2) is 6.74. The van der Waals surface area contributed by atoms with Crippen LogP contribution in [0.1, 0.15) is 29.4 Å². The molecule has 7 heteroatoms. The molecule has 2 aromatic rings. The molecule has 0 bridgehead atoms. The fourth-order valence-corrected chi connectivity index (χ4v) is 2.89. The molecule has 0 aromatic carbocycles. The van der Waals surface area contributed by atoms with Crippen LogP contribution in [0, 0.1) is 5.92 Å². The fraction of sp³-hybridized carbons (Fsp3) is 0.353. The molecule has 3 heterocycles. The van der Waals surface area contributed by atoms with Crippen molar-refractivity contribution in [1.82, 2.24) is 19.9 Å². The third-order valence-corrected chi connectivity index (χ3v) is 4.22. The summed E-state index contributed by atoms with van der Waals surface area (Å²) in [5.74, 6) is -0.499. The topological polar surface area (TPSA) is 96.3 Å². The van der Waals surface area contributed by atoms with Gasteiger partial charge in [0.1, 0.15) is 0 Å². The van der Waals surface area contributed by atoms with E-state index in [9.17, 15) is 9.59 Å². The highest BCUT2D eigenvalue weighted by molar-refractivity contribution is 5.88. The van der Waals surface area contributed by atoms with Crippen molar-refractivity contribution < 1.29 is 14.7 Å². The van der Waals surface area contributed by atoms with Gasteiger partial charge < -0.3 is 10.0 Å². The lowest BCUT2D eigenvalue weighted by Gasteiger charge is -2.13. The Morgan fingerprint density at radius 1 is 1.25 bits per heavy atom. The van der Waals surface area contributed by atoms with Gasteiger partial charge in [-0.3, -0.25) is 19.7 Å². The van der Waals surface area contributed by atoms with Crippen LogP contribution in [0.25, 0.3) is 11.3 Å². The summed E-state index contributed by atoms with van der Waals surface area (Å²) in [5.41, 5.74) is 2.20. The molecule has 0 unspecified atom stereocenters. The van der Waals surface area contributed by atoms with E-state index in [1.807, 2.05) is 4.90 Å². The molecule has 7 nitrogen and oxygen atoms in total. The van der Waals surface area contributed by atoms with Crippen LogP contribution < -0.4 is 0 Å². The molecule has 1 atom stereocenters. The highest BCUT2D eigenvalue weighted by Gasteiger charge is 2.24. The molecule has 3 rings (SSSR count). The minimum Gasteiger partial charge on any atom is -0.478 e. The van der Waals surface area contributed by atoms with E-state index in [1.54, 1.807) is 25.5 Å². The smallest absolute Gasteiger partial charge is 0.337 e. The number of hydrogen-bond donors (Lipinski definition) is 1. The van der Waals surface area contributed by atoms with Crippen LogP contribution in [0.15, 0.2) is 30.9 Å². The van der Waals surface area contributed by atoms with Crippen LogP contribution in [-0.2, 0) is 11.2 Å². The number of amides is 1. The summed E-state index contributed by atoms with van der Waals surface area (Å²) in [6.07, 6.45) is 7.97. The van der Waals surface area contributed by atoms with E-state index in [4.69, 9.17) is 5.11 Å². The summed E-state index contributed by atoms with van der Waals surface area (Å²) in [4.78, 5) is 36.9. The number of aromatic nitrogens is 3. The van der Waals surface area contributed by atoms with Gasteiger partial charge in [-0.25, -0.2) is 4.79 Å². The van der Waals surface area contributed by atoms with Crippen molar-refractivity contribution in [1.29, 1.82) is 0 Å². The fourth-order valence-electron chi connectivity index (χ4n) is 2.89. The van der Waals surface area contributed by atoms with Gasteiger partial charge in [-0.1, -0.05) is 0 Å². The molecule has 1 amide bonds. The highest BCUT2D eigenvalue weighted by Crippen LogP contribution is 2.21. The quantitative estimate of drug-likeness (QED) is 0.917. The average Bonchev–Trinajstić information content (AvgIpc) is 3.04. The van der Waals surface area contributed by atoms with E-state index in [2.05, 4.69) is 15.0 Å². The molecule has 1 fully saturated rings. The maximum absolute atomic E-state index is 11.4. The maximum atomic E-state index is 11.4. The van der Waals surface area contributed by atoms with E-state index in [1.165, 1.54) is 12.3 Å². The first-order valence-corrected chi connectivity index (χ1v) is 7.78. The lowest BCUT2D eigenvalue weighted by molar-refractivity contribution is -0.127. The van der Waals surface area contributed by atoms with E-state index in [-0.39, 0.29) is 11.5 Å². The van der Waals surface area contributed by atoms with Crippen LogP contribution in [0.2, 0.25) is 0 Å². The molecule has 1 N–H and O–H groups in total. The Balaban J connectivity index is 1.69. The molecular weight excluding hydrogens is 308 g/mol. The number of aromatic carboxylic acids is 1. The second-order valence-corrected chi connectivity index (χ2v) is 5.98. The highest BCUT2D eigenvalue weighted by atomic mass is 16.4. The first kappa shape index (κ1) is 16.0. The van der Waals surface area contributed by atoms with Crippen LogP contribution >= 0.6 is 0 Å². The van der Waals surface area contributed by atoms with E-state index in [0.717, 1.165) is 31.6 Å². The van der Waals surface area contributed by atoms with Gasteiger partial charge in [0.05, 0.1) is 23.1 Å². The minimum absolute atomic E-state index is 0.116. The first-order valence-electron chi connectivity index (χ1n) is 7.78. The Morgan fingerprint density at radius 3 is 2.71 bits per heavy atom. The molecule has 2 aromatic heterocycles. The molecule has 0 saturated carbocycles. The summed E-state index contributed by atoms with van der Waals surface area (Å²) in [5, 5.41) is 9.02. The minimum atomic E-state index is -1.02. The number of pyridine rings is 1. The van der Waals surface area contributed by atoms with E-state index in [0.29, 0.717) is 17.2 Å². The zero-order chi connectivity index (χ0) is 17.1. The van der Waals surface area contributed by atoms with Gasteiger partial charge in [-0.2, -0.15) is 0 Å². The van der Waals surface area contributed by atoms with Crippen molar-refractivity contribution in [3.8, 4) is 11.3 Å². The number of likely N-dealkylation sites (tertiary alicyclic amines) is 1. The van der Waals surface area contributed by atoms with Crippen molar-refractivity contribution in [2.45, 2.75) is 19.8 Å². The largest absolute Gasteiger partial charge is 0.478 e. The van der Waals surface area contributed by atoms with Crippen LogP contribution in [0.5, 0.6) is 0 Å². The third-order valence-electron chi connectivity index (χ3n) is 4.22. The van der Waals surface area contributed by atoms with Gasteiger partial charge in [0.15, 0.2) is 0 Å². The number of carbonyl (C=O) groups excluding carboxylic acids is 1. The zero-order valence-corrected chi connectivity index (χ0v) is 13.3. The molecule has 24 heavy (non-hydrogen) atoms. The van der Waals surface area contributed by atoms with E-state index < -0.39 is 5.97 Å². The van der Waals surface area contributed by atoms with Gasteiger partial charge in [0.2, 0.25) is 5.91 Å². The normalized spacial score (nSPS) is 17.0. The van der Waals surface area contributed by atoms with Crippen molar-refractivity contribution >= 4 is 11.9 Å². The number of nitrogens with zero attached hydrogens (tertiary/aromatic N) is 4. The van der Waals surface area contributed by atoms with Gasteiger partial charge in [-0.15, -0.1) is 0 Å². The number of hydrogen-bond acceptors (Lipinski definition) is 5. The SMILES string of the molecule is CC(=O)N1CC[C@H](Cc2cnc(-c3cncc(C(=O)O)c3)cn2)C1. The summed E-state index contributed by atoms with van der Waals surface area (Å²) in [7, 11) is 0. The molecule has 1 aliphatic rings. The monoisotopic (exact) mass is 326 g/mol. The van der Waals surface area contributed by atoms with Gasteiger partial charge in [0.25, 0.3) is 0 Å². The van der Waals surface area contributed by atoms with Crippen molar-refractivity contribution in [3.63, 3.8) is 0 Å². The van der Waals surface area contributed by atoms with Crippen molar-refractivity contribution in [2.24, 2.45) is 5.92 Å². The van der Waals surface area contributed by atoms with Crippen molar-refractivity contribution in [3.05, 3.63) is 42.1 Å². The Bertz CT molecular complexity index is 761. The van der Waals surface area contributed by atoms with Gasteiger partial charge in [-0.05, 0) is 24.8 Å². The standard InChI is InChI=1S/C17H18N4O3/c1-11(22)21-3-2-12(10-21)4-15-8-20-16(9-19-15)13-5-14(17(23)24)7-18-6-13/h5-9,12H,2-4,10H2,1H3,(H,23,24)/t12-/m1/s1. The van der Waals surface area contributed by atoms with Crippen LogP contribution in [0.3, 0.4) is 0 Å². The molecular formula is C17H18N4O3. The van der Waals surface area contributed by atoms with Crippen LogP contribution in [-0.4, -0.2) is 49.9 Å². The first-order chi connectivity index (χ1) is 11.5. The molecule has 0 aliphatic carbocycles. The third kappa shape index (κ3) is 3.56. The van der Waals surface area contributed by atoms with Crippen molar-refractivity contribution in [2.75, 3.05) is 13.1 Å². The average molecular weight is 326 g/mol. The molecule has 124 valence electrons. The second-order valence-electron chi connectivity index (χ2n) is 5.98. The Morgan fingerprint density at radius 2 is 2.08 bits per heavy atom.